The van der Waals surface area contributed by atoms with Gasteiger partial charge in [-0.15, -0.1) is 0 Å². The molecule has 0 aromatic carbocycles. The molecule has 5 atom stereocenters. The average molecular weight is 290 g/mol. The van der Waals surface area contributed by atoms with Gasteiger partial charge < -0.3 is 29.7 Å². The molecule has 2 rings (SSSR count). The minimum absolute atomic E-state index is 0.497. The molecule has 1 aliphatic heterocycles. The maximum Gasteiger partial charge on any atom is 0.335 e. The second-order valence-corrected chi connectivity index (χ2v) is 5.24. The zero-order valence-corrected chi connectivity index (χ0v) is 10.8. The van der Waals surface area contributed by atoms with E-state index in [1.807, 2.05) is 0 Å². The monoisotopic (exact) mass is 290 g/mol. The summed E-state index contributed by atoms with van der Waals surface area (Å²) in [4.78, 5) is 14.9. The van der Waals surface area contributed by atoms with Crippen LogP contribution in [-0.2, 0) is 16.6 Å². The predicted octanol–water partition coefficient (Wildman–Crippen LogP) is -1.60. The van der Waals surface area contributed by atoms with Crippen molar-refractivity contribution >= 4 is 17.7 Å². The molecule has 2 heterocycles. The molecule has 1 aliphatic rings. The van der Waals surface area contributed by atoms with Crippen molar-refractivity contribution in [1.29, 1.82) is 0 Å². The van der Waals surface area contributed by atoms with Crippen LogP contribution in [0.3, 0.4) is 0 Å². The SMILES string of the molecule is Cn1ccnc1S[C@H]1O[C@@H](C(=O)O)[C@H](O)[C@@H](O)[C@@H]1O. The van der Waals surface area contributed by atoms with Gasteiger partial charge in [0.05, 0.1) is 0 Å². The molecule has 0 aliphatic carbocycles. The molecule has 0 amide bonds. The van der Waals surface area contributed by atoms with Crippen LogP contribution in [0.15, 0.2) is 17.6 Å². The van der Waals surface area contributed by atoms with Gasteiger partial charge in [-0.2, -0.15) is 0 Å². The Morgan fingerprint density at radius 3 is 2.58 bits per heavy atom. The van der Waals surface area contributed by atoms with Crippen LogP contribution in [0, 0.1) is 0 Å². The van der Waals surface area contributed by atoms with Gasteiger partial charge >= 0.3 is 5.97 Å². The summed E-state index contributed by atoms with van der Waals surface area (Å²) in [6.07, 6.45) is -3.04. The topological polar surface area (TPSA) is 125 Å². The molecule has 8 nitrogen and oxygen atoms in total. The third-order valence-electron chi connectivity index (χ3n) is 2.81. The van der Waals surface area contributed by atoms with E-state index in [0.717, 1.165) is 11.8 Å². The highest BCUT2D eigenvalue weighted by molar-refractivity contribution is 7.99. The lowest BCUT2D eigenvalue weighted by Gasteiger charge is -2.38. The lowest BCUT2D eigenvalue weighted by atomic mass is 10.0. The van der Waals surface area contributed by atoms with Crippen molar-refractivity contribution in [1.82, 2.24) is 9.55 Å². The summed E-state index contributed by atoms with van der Waals surface area (Å²) in [5, 5.41) is 38.4. The standard InChI is InChI=1S/C10H14N2O6S/c1-12-3-2-11-10(12)19-9-6(15)4(13)5(14)7(18-9)8(16)17/h2-7,9,13-15H,1H3,(H,16,17)/t4-,5-,6+,7-,9-/m1/s1. The van der Waals surface area contributed by atoms with E-state index in [1.165, 1.54) is 6.20 Å². The summed E-state index contributed by atoms with van der Waals surface area (Å²) in [5.74, 6) is -1.40. The highest BCUT2D eigenvalue weighted by Crippen LogP contribution is 2.32. The Morgan fingerprint density at radius 1 is 1.37 bits per heavy atom. The maximum absolute atomic E-state index is 10.9. The molecule has 19 heavy (non-hydrogen) atoms. The number of carbonyl (C=O) groups is 1. The number of aliphatic hydroxyl groups is 3. The van der Waals surface area contributed by atoms with E-state index in [1.54, 1.807) is 17.8 Å². The van der Waals surface area contributed by atoms with Crippen LogP contribution in [0.2, 0.25) is 0 Å². The lowest BCUT2D eigenvalue weighted by Crippen LogP contribution is -2.58. The van der Waals surface area contributed by atoms with E-state index in [9.17, 15) is 20.1 Å². The number of hydrogen-bond acceptors (Lipinski definition) is 7. The number of hydrogen-bond donors (Lipinski definition) is 4. The number of nitrogens with zero attached hydrogens (tertiary/aromatic N) is 2. The van der Waals surface area contributed by atoms with Gasteiger partial charge in [0.15, 0.2) is 11.3 Å². The fourth-order valence-corrected chi connectivity index (χ4v) is 2.75. The first-order valence-corrected chi connectivity index (χ1v) is 6.36. The molecule has 1 aromatic heterocycles. The van der Waals surface area contributed by atoms with Crippen molar-refractivity contribution in [2.75, 3.05) is 0 Å². The number of thioether (sulfide) groups is 1. The number of aliphatic carboxylic acids is 1. The Kier molecular flexibility index (Phi) is 4.11. The molecule has 0 bridgehead atoms. The number of imidazole rings is 1. The Balaban J connectivity index is 2.15. The van der Waals surface area contributed by atoms with E-state index in [-0.39, 0.29) is 0 Å². The Morgan fingerprint density at radius 2 is 2.05 bits per heavy atom. The van der Waals surface area contributed by atoms with Crippen LogP contribution in [0.25, 0.3) is 0 Å². The van der Waals surface area contributed by atoms with Crippen LogP contribution < -0.4 is 0 Å². The van der Waals surface area contributed by atoms with Crippen LogP contribution in [0.1, 0.15) is 0 Å². The second kappa shape index (κ2) is 5.47. The third kappa shape index (κ3) is 2.74. The minimum atomic E-state index is -1.68. The fourth-order valence-electron chi connectivity index (χ4n) is 1.72. The predicted molar refractivity (Wildman–Crippen MR) is 63.4 cm³/mol. The van der Waals surface area contributed by atoms with Gasteiger partial charge in [0.2, 0.25) is 0 Å². The van der Waals surface area contributed by atoms with E-state index >= 15 is 0 Å². The number of carboxylic acid groups (broad SMARTS) is 1. The highest BCUT2D eigenvalue weighted by Gasteiger charge is 2.47. The van der Waals surface area contributed by atoms with Crippen LogP contribution >= 0.6 is 11.8 Å². The van der Waals surface area contributed by atoms with Crippen molar-refractivity contribution in [3.8, 4) is 0 Å². The van der Waals surface area contributed by atoms with Gasteiger partial charge in [-0.1, -0.05) is 11.8 Å². The normalized spacial score (nSPS) is 35.3. The van der Waals surface area contributed by atoms with E-state index in [2.05, 4.69) is 4.98 Å². The zero-order valence-electron chi connectivity index (χ0n) is 9.95. The molecule has 1 saturated heterocycles. The summed E-state index contributed by atoms with van der Waals surface area (Å²) in [5.41, 5.74) is -1.03. The van der Waals surface area contributed by atoms with Gasteiger partial charge in [-0.25, -0.2) is 9.78 Å². The second-order valence-electron chi connectivity index (χ2n) is 4.17. The molecule has 0 unspecified atom stereocenters. The first-order chi connectivity index (χ1) is 8.91. The van der Waals surface area contributed by atoms with E-state index < -0.39 is 35.8 Å². The zero-order chi connectivity index (χ0) is 14.2. The molecule has 9 heteroatoms. The minimum Gasteiger partial charge on any atom is -0.479 e. The highest BCUT2D eigenvalue weighted by atomic mass is 32.2. The first kappa shape index (κ1) is 14.3. The summed E-state index contributed by atoms with van der Waals surface area (Å²) in [6, 6.07) is 0. The molecule has 1 aromatic rings. The molecular weight excluding hydrogens is 276 g/mol. The van der Waals surface area contributed by atoms with E-state index in [0.29, 0.717) is 5.16 Å². The third-order valence-corrected chi connectivity index (χ3v) is 4.04. The first-order valence-electron chi connectivity index (χ1n) is 5.48. The van der Waals surface area contributed by atoms with Gasteiger partial charge in [0.1, 0.15) is 23.7 Å². The van der Waals surface area contributed by atoms with Crippen molar-refractivity contribution in [3.05, 3.63) is 12.4 Å². The van der Waals surface area contributed by atoms with Gasteiger partial charge in [0.25, 0.3) is 0 Å². The van der Waals surface area contributed by atoms with Crippen molar-refractivity contribution in [2.24, 2.45) is 7.05 Å². The smallest absolute Gasteiger partial charge is 0.335 e. The molecule has 4 N–H and O–H groups in total. The Labute approximate surface area is 112 Å². The Hall–Kier alpha value is -1.13. The molecule has 0 radical (unpaired) electrons. The molecule has 0 spiro atoms. The van der Waals surface area contributed by atoms with Crippen molar-refractivity contribution in [2.45, 2.75) is 35.0 Å². The number of aliphatic hydroxyl groups excluding tert-OH is 3. The summed E-state index contributed by atoms with van der Waals surface area (Å²) < 4.78 is 6.78. The average Bonchev–Trinajstić information content (AvgIpc) is 2.75. The molecule has 0 saturated carbocycles. The van der Waals surface area contributed by atoms with Crippen LogP contribution in [0.5, 0.6) is 0 Å². The number of aryl methyl sites for hydroxylation is 1. The largest absolute Gasteiger partial charge is 0.479 e. The summed E-state index contributed by atoms with van der Waals surface area (Å²) >= 11 is 0.978. The van der Waals surface area contributed by atoms with Crippen molar-refractivity contribution < 1.29 is 30.0 Å². The summed E-state index contributed by atoms with van der Waals surface area (Å²) in [6.45, 7) is 0. The number of rotatable bonds is 3. The molecule has 1 fully saturated rings. The lowest BCUT2D eigenvalue weighted by molar-refractivity contribution is -0.209. The van der Waals surface area contributed by atoms with Crippen molar-refractivity contribution in [3.63, 3.8) is 0 Å². The van der Waals surface area contributed by atoms with E-state index in [4.69, 9.17) is 9.84 Å². The van der Waals surface area contributed by atoms with Crippen LogP contribution in [-0.4, -0.2) is 65.8 Å². The number of ether oxygens (including phenoxy) is 1. The molecular formula is C10H14N2O6S. The maximum atomic E-state index is 10.9. The number of aromatic nitrogens is 2. The van der Waals surface area contributed by atoms with Gasteiger partial charge in [-0.05, 0) is 0 Å². The Bertz CT molecular complexity index is 467. The number of carboxylic acids is 1. The van der Waals surface area contributed by atoms with Gasteiger partial charge in [0, 0.05) is 19.4 Å². The van der Waals surface area contributed by atoms with Crippen LogP contribution in [0.4, 0.5) is 0 Å². The summed E-state index contributed by atoms with van der Waals surface area (Å²) in [7, 11) is 1.73. The quantitative estimate of drug-likeness (QED) is 0.525. The molecule has 106 valence electrons. The fraction of sp³-hybridized carbons (Fsp3) is 0.600. The van der Waals surface area contributed by atoms with Gasteiger partial charge in [-0.3, -0.25) is 0 Å².